The molecule has 0 saturated heterocycles. The first-order valence-corrected chi connectivity index (χ1v) is 10.1. The lowest BCUT2D eigenvalue weighted by atomic mass is 10.1. The zero-order chi connectivity index (χ0) is 18.7. The van der Waals surface area contributed by atoms with Crippen molar-refractivity contribution in [3.63, 3.8) is 0 Å². The lowest BCUT2D eigenvalue weighted by Crippen LogP contribution is -2.41. The van der Waals surface area contributed by atoms with Gasteiger partial charge in [-0.05, 0) is 36.6 Å². The maximum Gasteiger partial charge on any atom is 0.321 e. The lowest BCUT2D eigenvalue weighted by Gasteiger charge is -2.17. The van der Waals surface area contributed by atoms with Gasteiger partial charge in [0.2, 0.25) is 20.0 Å². The van der Waals surface area contributed by atoms with Gasteiger partial charge in [0, 0.05) is 14.1 Å². The monoisotopic (exact) mass is 378 g/mol. The summed E-state index contributed by atoms with van der Waals surface area (Å²) >= 11 is 0. The Morgan fingerprint density at radius 3 is 1.92 bits per heavy atom. The first-order chi connectivity index (χ1) is 10.9. The van der Waals surface area contributed by atoms with E-state index >= 15 is 0 Å². The number of aliphatic carboxylic acids is 1. The Morgan fingerprint density at radius 1 is 1.08 bits per heavy atom. The van der Waals surface area contributed by atoms with Crippen LogP contribution in [0.1, 0.15) is 20.3 Å². The molecule has 0 saturated carbocycles. The van der Waals surface area contributed by atoms with Gasteiger partial charge >= 0.3 is 5.97 Å². The molecule has 0 aliphatic carbocycles. The van der Waals surface area contributed by atoms with E-state index in [-0.39, 0.29) is 22.1 Å². The van der Waals surface area contributed by atoms with E-state index < -0.39 is 32.1 Å². The van der Waals surface area contributed by atoms with Crippen LogP contribution in [0.3, 0.4) is 0 Å². The third kappa shape index (κ3) is 5.00. The van der Waals surface area contributed by atoms with Gasteiger partial charge in [0.25, 0.3) is 0 Å². The van der Waals surface area contributed by atoms with Gasteiger partial charge in [-0.1, -0.05) is 13.8 Å². The standard InChI is InChI=1S/C14H22N2O6S2/c1-10(2)9-13(14(17)18)15-23(19,20)11-5-7-12(8-6-11)24(21,22)16(3)4/h5-8,10,13,15H,9H2,1-4H3,(H,17,18)/t13-/m1/s1. The summed E-state index contributed by atoms with van der Waals surface area (Å²) < 4.78 is 51.7. The van der Waals surface area contributed by atoms with Gasteiger partial charge in [-0.3, -0.25) is 4.79 Å². The van der Waals surface area contributed by atoms with E-state index in [2.05, 4.69) is 4.72 Å². The van der Waals surface area contributed by atoms with Crippen molar-refractivity contribution >= 4 is 26.0 Å². The van der Waals surface area contributed by atoms with Crippen LogP contribution in [0, 0.1) is 5.92 Å². The van der Waals surface area contributed by atoms with Crippen molar-refractivity contribution in [3.05, 3.63) is 24.3 Å². The molecule has 1 aromatic rings. The fourth-order valence-corrected chi connectivity index (χ4v) is 4.03. The fourth-order valence-electron chi connectivity index (χ4n) is 1.93. The van der Waals surface area contributed by atoms with Gasteiger partial charge in [0.05, 0.1) is 9.79 Å². The maximum absolute atomic E-state index is 12.3. The molecule has 0 aromatic heterocycles. The third-order valence-electron chi connectivity index (χ3n) is 3.22. The Labute approximate surface area is 142 Å². The normalized spacial score (nSPS) is 14.1. The molecule has 10 heteroatoms. The summed E-state index contributed by atoms with van der Waals surface area (Å²) in [6.45, 7) is 3.57. The van der Waals surface area contributed by atoms with Crippen LogP contribution < -0.4 is 4.72 Å². The minimum Gasteiger partial charge on any atom is -0.480 e. The van der Waals surface area contributed by atoms with Crippen LogP contribution in [0.15, 0.2) is 34.1 Å². The molecular formula is C14H22N2O6S2. The molecule has 1 aromatic carbocycles. The minimum atomic E-state index is -4.07. The van der Waals surface area contributed by atoms with Crippen LogP contribution >= 0.6 is 0 Å². The molecule has 24 heavy (non-hydrogen) atoms. The summed E-state index contributed by atoms with van der Waals surface area (Å²) in [7, 11) is -5.01. The van der Waals surface area contributed by atoms with Gasteiger partial charge < -0.3 is 5.11 Å². The smallest absolute Gasteiger partial charge is 0.321 e. The predicted octanol–water partition coefficient (Wildman–Crippen LogP) is 0.714. The molecule has 1 rings (SSSR count). The SMILES string of the molecule is CC(C)C[C@@H](NS(=O)(=O)c1ccc(S(=O)(=O)N(C)C)cc1)C(=O)O. The average molecular weight is 378 g/mol. The molecule has 0 aliphatic rings. The molecule has 0 bridgehead atoms. The Morgan fingerprint density at radius 2 is 1.54 bits per heavy atom. The first-order valence-electron chi connectivity index (χ1n) is 7.15. The fraction of sp³-hybridized carbons (Fsp3) is 0.500. The number of benzene rings is 1. The van der Waals surface area contributed by atoms with Crippen molar-refractivity contribution in [2.24, 2.45) is 5.92 Å². The molecule has 2 N–H and O–H groups in total. The van der Waals surface area contributed by atoms with Crippen LogP contribution in [-0.2, 0) is 24.8 Å². The third-order valence-corrected chi connectivity index (χ3v) is 6.53. The van der Waals surface area contributed by atoms with Crippen LogP contribution in [0.2, 0.25) is 0 Å². The molecule has 0 aliphatic heterocycles. The number of carbonyl (C=O) groups is 1. The highest BCUT2D eigenvalue weighted by Crippen LogP contribution is 2.17. The second-order valence-electron chi connectivity index (χ2n) is 5.90. The number of sulfonamides is 2. The van der Waals surface area contributed by atoms with Crippen molar-refractivity contribution in [1.29, 1.82) is 0 Å². The van der Waals surface area contributed by atoms with E-state index in [1.54, 1.807) is 13.8 Å². The maximum atomic E-state index is 12.3. The second-order valence-corrected chi connectivity index (χ2v) is 9.77. The summed E-state index contributed by atoms with van der Waals surface area (Å²) in [5.41, 5.74) is 0. The molecule has 0 amide bonds. The van der Waals surface area contributed by atoms with E-state index in [0.717, 1.165) is 16.4 Å². The van der Waals surface area contributed by atoms with Crippen LogP contribution in [-0.4, -0.2) is 52.4 Å². The number of carboxylic acids is 1. The molecule has 0 heterocycles. The van der Waals surface area contributed by atoms with E-state index in [9.17, 15) is 21.6 Å². The molecule has 0 fully saturated rings. The number of carboxylic acid groups (broad SMARTS) is 1. The van der Waals surface area contributed by atoms with Gasteiger partial charge in [-0.15, -0.1) is 0 Å². The number of hydrogen-bond acceptors (Lipinski definition) is 5. The largest absolute Gasteiger partial charge is 0.480 e. The highest BCUT2D eigenvalue weighted by molar-refractivity contribution is 7.89. The predicted molar refractivity (Wildman–Crippen MR) is 88.5 cm³/mol. The van der Waals surface area contributed by atoms with Crippen LogP contribution in [0.25, 0.3) is 0 Å². The molecule has 136 valence electrons. The van der Waals surface area contributed by atoms with Crippen LogP contribution in [0.4, 0.5) is 0 Å². The van der Waals surface area contributed by atoms with E-state index in [1.165, 1.54) is 26.2 Å². The molecule has 0 spiro atoms. The summed E-state index contributed by atoms with van der Waals surface area (Å²) in [6, 6.07) is 3.35. The van der Waals surface area contributed by atoms with Crippen molar-refractivity contribution in [2.45, 2.75) is 36.1 Å². The number of rotatable bonds is 8. The zero-order valence-corrected chi connectivity index (χ0v) is 15.6. The topological polar surface area (TPSA) is 121 Å². The van der Waals surface area contributed by atoms with E-state index in [1.807, 2.05) is 0 Å². The quantitative estimate of drug-likeness (QED) is 0.687. The Balaban J connectivity index is 3.10. The highest BCUT2D eigenvalue weighted by atomic mass is 32.2. The Hall–Kier alpha value is -1.49. The van der Waals surface area contributed by atoms with Gasteiger partial charge in [-0.25, -0.2) is 21.1 Å². The number of nitrogens with zero attached hydrogens (tertiary/aromatic N) is 1. The molecule has 0 radical (unpaired) electrons. The van der Waals surface area contributed by atoms with Crippen molar-refractivity contribution in [3.8, 4) is 0 Å². The molecule has 1 atom stereocenters. The van der Waals surface area contributed by atoms with Gasteiger partial charge in [0.1, 0.15) is 6.04 Å². The summed E-state index contributed by atoms with van der Waals surface area (Å²) in [5.74, 6) is -1.28. The summed E-state index contributed by atoms with van der Waals surface area (Å²) in [5, 5.41) is 9.13. The Kier molecular flexibility index (Phi) is 6.51. The van der Waals surface area contributed by atoms with E-state index in [4.69, 9.17) is 5.11 Å². The van der Waals surface area contributed by atoms with Gasteiger partial charge in [-0.2, -0.15) is 4.72 Å². The van der Waals surface area contributed by atoms with Crippen molar-refractivity contribution in [2.75, 3.05) is 14.1 Å². The Bertz CT molecular complexity index is 783. The summed E-state index contributed by atoms with van der Waals surface area (Å²) in [4.78, 5) is 10.9. The first kappa shape index (κ1) is 20.6. The number of hydrogen-bond donors (Lipinski definition) is 2. The highest BCUT2D eigenvalue weighted by Gasteiger charge is 2.26. The molecule has 8 nitrogen and oxygen atoms in total. The summed E-state index contributed by atoms with van der Waals surface area (Å²) in [6.07, 6.45) is 0.141. The number of nitrogens with one attached hydrogen (secondary N) is 1. The minimum absolute atomic E-state index is 0.0126. The second kappa shape index (κ2) is 7.60. The molecular weight excluding hydrogens is 356 g/mol. The van der Waals surface area contributed by atoms with Crippen LogP contribution in [0.5, 0.6) is 0 Å². The van der Waals surface area contributed by atoms with Gasteiger partial charge in [0.15, 0.2) is 0 Å². The lowest BCUT2D eigenvalue weighted by molar-refractivity contribution is -0.139. The van der Waals surface area contributed by atoms with Crippen molar-refractivity contribution < 1.29 is 26.7 Å². The molecule has 0 unspecified atom stereocenters. The average Bonchev–Trinajstić information content (AvgIpc) is 2.45. The zero-order valence-electron chi connectivity index (χ0n) is 13.9. The van der Waals surface area contributed by atoms with E-state index in [0.29, 0.717) is 0 Å². The van der Waals surface area contributed by atoms with Crippen molar-refractivity contribution in [1.82, 2.24) is 9.03 Å².